The Morgan fingerprint density at radius 2 is 1.86 bits per heavy atom. The molecule has 0 heterocycles. The van der Waals surface area contributed by atoms with Gasteiger partial charge in [-0.15, -0.1) is 0 Å². The molecular formula is C14H19ClN3O4+. The first-order chi connectivity index (χ1) is 10.3. The smallest absolute Gasteiger partial charge is 0.413 e. The Hall–Kier alpha value is -2.12. The number of quaternary nitrogens is 1. The Morgan fingerprint density at radius 1 is 1.27 bits per heavy atom. The fourth-order valence-electron chi connectivity index (χ4n) is 1.63. The summed E-state index contributed by atoms with van der Waals surface area (Å²) >= 11 is 5.76. The number of carbonyl (C=O) groups is 3. The van der Waals surface area contributed by atoms with E-state index in [4.69, 9.17) is 11.6 Å². The van der Waals surface area contributed by atoms with Crippen molar-refractivity contribution in [2.75, 3.05) is 26.0 Å². The fraction of sp³-hybridized carbons (Fsp3) is 0.357. The van der Waals surface area contributed by atoms with Gasteiger partial charge in [0.15, 0.2) is 12.6 Å². The first kappa shape index (κ1) is 17.9. The Kier molecular flexibility index (Phi) is 6.81. The number of amides is 3. The number of methoxy groups -OCH3 is 1. The van der Waals surface area contributed by atoms with E-state index in [0.29, 0.717) is 15.6 Å². The van der Waals surface area contributed by atoms with Crippen molar-refractivity contribution in [1.29, 1.82) is 0 Å². The number of nitrogens with one attached hydrogen (secondary N) is 3. The summed E-state index contributed by atoms with van der Waals surface area (Å²) < 4.78 is 4.35. The van der Waals surface area contributed by atoms with Gasteiger partial charge in [-0.1, -0.05) is 11.6 Å². The lowest BCUT2D eigenvalue weighted by molar-refractivity contribution is -0.885. The van der Waals surface area contributed by atoms with Gasteiger partial charge in [-0.25, -0.2) is 4.79 Å². The number of imide groups is 1. The number of alkyl carbamates (subject to hydrolysis) is 1. The minimum atomic E-state index is -0.824. The third-order valence-corrected chi connectivity index (χ3v) is 3.36. The van der Waals surface area contributed by atoms with Gasteiger partial charge in [0.1, 0.15) is 0 Å². The molecule has 0 aliphatic heterocycles. The lowest BCUT2D eigenvalue weighted by Gasteiger charge is -2.19. The van der Waals surface area contributed by atoms with Crippen LogP contribution < -0.4 is 15.5 Å². The summed E-state index contributed by atoms with van der Waals surface area (Å²) in [6, 6.07) is 6.11. The molecule has 1 unspecified atom stereocenters. The topological polar surface area (TPSA) is 88.9 Å². The first-order valence-electron chi connectivity index (χ1n) is 6.60. The van der Waals surface area contributed by atoms with Crippen LogP contribution in [-0.2, 0) is 14.3 Å². The van der Waals surface area contributed by atoms with Crippen LogP contribution in [0.15, 0.2) is 24.3 Å². The molecule has 0 aromatic heterocycles. The second-order valence-corrected chi connectivity index (χ2v) is 5.22. The van der Waals surface area contributed by atoms with Crippen LogP contribution in [0.2, 0.25) is 5.02 Å². The summed E-state index contributed by atoms with van der Waals surface area (Å²) in [5.74, 6) is -0.763. The van der Waals surface area contributed by atoms with Crippen molar-refractivity contribution < 1.29 is 24.0 Å². The van der Waals surface area contributed by atoms with Gasteiger partial charge in [-0.05, 0) is 31.2 Å². The summed E-state index contributed by atoms with van der Waals surface area (Å²) in [4.78, 5) is 35.3. The predicted molar refractivity (Wildman–Crippen MR) is 81.8 cm³/mol. The van der Waals surface area contributed by atoms with Gasteiger partial charge in [0, 0.05) is 10.7 Å². The second-order valence-electron chi connectivity index (χ2n) is 4.78. The molecule has 0 fully saturated rings. The van der Waals surface area contributed by atoms with Gasteiger partial charge in [-0.3, -0.25) is 14.9 Å². The maximum absolute atomic E-state index is 11.9. The lowest BCUT2D eigenvalue weighted by Crippen LogP contribution is -3.15. The molecule has 2 atom stereocenters. The molecule has 8 heteroatoms. The Bertz CT molecular complexity index is 548. The number of halogens is 1. The monoisotopic (exact) mass is 328 g/mol. The van der Waals surface area contributed by atoms with E-state index in [-0.39, 0.29) is 12.5 Å². The quantitative estimate of drug-likeness (QED) is 0.713. The number of hydrogen-bond donors (Lipinski definition) is 3. The SMILES string of the molecule is COC(=O)NC(=O)[C@H](C)[NH+](C)CC(=O)Nc1ccc(Cl)cc1. The van der Waals surface area contributed by atoms with Crippen LogP contribution in [0.1, 0.15) is 6.92 Å². The van der Waals surface area contributed by atoms with E-state index in [9.17, 15) is 14.4 Å². The van der Waals surface area contributed by atoms with Crippen molar-refractivity contribution in [3.63, 3.8) is 0 Å². The Labute approximate surface area is 133 Å². The molecule has 0 spiro atoms. The highest BCUT2D eigenvalue weighted by Crippen LogP contribution is 2.12. The van der Waals surface area contributed by atoms with Gasteiger partial charge in [0.05, 0.1) is 14.2 Å². The zero-order valence-electron chi connectivity index (χ0n) is 12.6. The van der Waals surface area contributed by atoms with Crippen LogP contribution in [0.25, 0.3) is 0 Å². The van der Waals surface area contributed by atoms with Gasteiger partial charge in [0.25, 0.3) is 11.8 Å². The van der Waals surface area contributed by atoms with E-state index in [2.05, 4.69) is 15.4 Å². The summed E-state index contributed by atoms with van der Waals surface area (Å²) in [5.41, 5.74) is 0.619. The summed E-state index contributed by atoms with van der Waals surface area (Å²) in [7, 11) is 2.85. The van der Waals surface area contributed by atoms with E-state index in [0.717, 1.165) is 0 Å². The van der Waals surface area contributed by atoms with Crippen molar-refractivity contribution in [2.24, 2.45) is 0 Å². The number of hydrogen-bond acceptors (Lipinski definition) is 4. The highest BCUT2D eigenvalue weighted by molar-refractivity contribution is 6.30. The van der Waals surface area contributed by atoms with Crippen LogP contribution in [0.5, 0.6) is 0 Å². The minimum absolute atomic E-state index is 0.0678. The average Bonchev–Trinajstić information content (AvgIpc) is 2.48. The third kappa shape index (κ3) is 5.71. The maximum Gasteiger partial charge on any atom is 0.413 e. The Morgan fingerprint density at radius 3 is 2.41 bits per heavy atom. The fourth-order valence-corrected chi connectivity index (χ4v) is 1.75. The molecule has 120 valence electrons. The zero-order valence-corrected chi connectivity index (χ0v) is 13.4. The summed E-state index contributed by atoms with van der Waals surface area (Å²) in [6.07, 6.45) is -0.824. The molecule has 7 nitrogen and oxygen atoms in total. The van der Waals surface area contributed by atoms with Gasteiger partial charge >= 0.3 is 6.09 Å². The maximum atomic E-state index is 11.9. The molecule has 1 aromatic carbocycles. The van der Waals surface area contributed by atoms with Gasteiger partial charge in [0.2, 0.25) is 0 Å². The molecule has 0 aliphatic carbocycles. The highest BCUT2D eigenvalue weighted by Gasteiger charge is 2.25. The molecule has 0 bridgehead atoms. The normalized spacial score (nSPS) is 12.9. The molecule has 0 saturated carbocycles. The van der Waals surface area contributed by atoms with Gasteiger partial charge in [-0.2, -0.15) is 0 Å². The van der Waals surface area contributed by atoms with Crippen LogP contribution in [0, 0.1) is 0 Å². The van der Waals surface area contributed by atoms with Crippen LogP contribution >= 0.6 is 11.6 Å². The van der Waals surface area contributed by atoms with Crippen molar-refractivity contribution >= 4 is 35.2 Å². The minimum Gasteiger partial charge on any atom is -0.453 e. The van der Waals surface area contributed by atoms with Crippen molar-refractivity contribution in [2.45, 2.75) is 13.0 Å². The predicted octanol–water partition coefficient (Wildman–Crippen LogP) is 0.0643. The van der Waals surface area contributed by atoms with Crippen molar-refractivity contribution in [3.8, 4) is 0 Å². The van der Waals surface area contributed by atoms with Crippen molar-refractivity contribution in [1.82, 2.24) is 5.32 Å². The lowest BCUT2D eigenvalue weighted by atomic mass is 10.2. The first-order valence-corrected chi connectivity index (χ1v) is 6.97. The molecule has 1 rings (SSSR count). The number of benzene rings is 1. The summed E-state index contributed by atoms with van der Waals surface area (Å²) in [5, 5.41) is 5.35. The van der Waals surface area contributed by atoms with Gasteiger partial charge < -0.3 is 15.0 Å². The van der Waals surface area contributed by atoms with E-state index < -0.39 is 18.0 Å². The highest BCUT2D eigenvalue weighted by atomic mass is 35.5. The number of rotatable bonds is 5. The Balaban J connectivity index is 2.50. The number of anilines is 1. The molecule has 1 aromatic rings. The number of carbonyl (C=O) groups excluding carboxylic acids is 3. The van der Waals surface area contributed by atoms with E-state index >= 15 is 0 Å². The van der Waals surface area contributed by atoms with Crippen molar-refractivity contribution in [3.05, 3.63) is 29.3 Å². The molecule has 0 radical (unpaired) electrons. The molecule has 0 aliphatic rings. The molecule has 0 saturated heterocycles. The second kappa shape index (κ2) is 8.35. The van der Waals surface area contributed by atoms with Crippen LogP contribution in [0.4, 0.5) is 10.5 Å². The van der Waals surface area contributed by atoms with Crippen LogP contribution in [-0.4, -0.2) is 44.7 Å². The van der Waals surface area contributed by atoms with Crippen LogP contribution in [0.3, 0.4) is 0 Å². The number of ether oxygens (including phenoxy) is 1. The van der Waals surface area contributed by atoms with E-state index in [1.807, 2.05) is 0 Å². The molecule has 3 amide bonds. The third-order valence-electron chi connectivity index (χ3n) is 3.11. The summed E-state index contributed by atoms with van der Waals surface area (Å²) in [6.45, 7) is 1.68. The van der Waals surface area contributed by atoms with E-state index in [1.165, 1.54) is 7.11 Å². The average molecular weight is 329 g/mol. The molecular weight excluding hydrogens is 310 g/mol. The number of likely N-dealkylation sites (N-methyl/N-ethyl adjacent to an activating group) is 1. The zero-order chi connectivity index (χ0) is 16.7. The molecule has 3 N–H and O–H groups in total. The van der Waals surface area contributed by atoms with E-state index in [1.54, 1.807) is 38.2 Å². The molecule has 22 heavy (non-hydrogen) atoms. The standard InChI is InChI=1S/C14H18ClN3O4/c1-9(13(20)17-14(21)22-3)18(2)8-12(19)16-11-6-4-10(15)5-7-11/h4-7,9H,8H2,1-3H3,(H,16,19)(H,17,20,21)/p+1/t9-/m0/s1. The largest absolute Gasteiger partial charge is 0.453 e.